The van der Waals surface area contributed by atoms with Crippen molar-refractivity contribution in [3.63, 3.8) is 0 Å². The molecule has 10 nitrogen and oxygen atoms in total. The van der Waals surface area contributed by atoms with Gasteiger partial charge in [0.2, 0.25) is 5.91 Å². The average Bonchev–Trinajstić information content (AvgIpc) is 3.27. The minimum absolute atomic E-state index is 0.00112. The molecule has 2 aromatic rings. The highest BCUT2D eigenvalue weighted by Gasteiger charge is 2.32. The summed E-state index contributed by atoms with van der Waals surface area (Å²) in [4.78, 5) is 17.5. The van der Waals surface area contributed by atoms with Crippen molar-refractivity contribution in [2.45, 2.75) is 83.3 Å². The summed E-state index contributed by atoms with van der Waals surface area (Å²) in [5.74, 6) is 1.33. The van der Waals surface area contributed by atoms with Crippen LogP contribution in [-0.2, 0) is 21.2 Å². The number of rotatable bonds is 9. The molecule has 4 rings (SSSR count). The van der Waals surface area contributed by atoms with E-state index in [4.69, 9.17) is 9.26 Å². The van der Waals surface area contributed by atoms with Gasteiger partial charge in [-0.05, 0) is 64.8 Å². The third kappa shape index (κ3) is 7.16. The Kier molecular flexibility index (Phi) is 9.79. The first kappa shape index (κ1) is 30.3. The molecule has 1 saturated carbocycles. The van der Waals surface area contributed by atoms with Gasteiger partial charge in [0.15, 0.2) is 10.7 Å². The van der Waals surface area contributed by atoms with E-state index in [9.17, 15) is 18.3 Å². The molecular formula is C29H44N4O6S. The Bertz CT molecular complexity index is 1250. The summed E-state index contributed by atoms with van der Waals surface area (Å²) in [6.45, 7) is 9.07. The number of aromatic nitrogens is 1. The van der Waals surface area contributed by atoms with Crippen LogP contribution in [0, 0.1) is 25.7 Å². The lowest BCUT2D eigenvalue weighted by Gasteiger charge is -2.35. The van der Waals surface area contributed by atoms with E-state index in [-0.39, 0.29) is 53.3 Å². The minimum atomic E-state index is -3.95. The SMILES string of the molecule is Cc1noc(C)c1S(=O)(=O)Nc1ccc2c(c1)CC(=O)N([C@@H](C)CO)C[C@@H](C)[C@H](CN(C)CC1CCCCC1)O2. The molecule has 0 spiro atoms. The van der Waals surface area contributed by atoms with Crippen LogP contribution in [0.4, 0.5) is 5.69 Å². The maximum absolute atomic E-state index is 13.5. The van der Waals surface area contributed by atoms with Gasteiger partial charge in [0.05, 0.1) is 19.1 Å². The molecule has 1 amide bonds. The number of ether oxygens (including phenoxy) is 1. The number of hydrogen-bond acceptors (Lipinski definition) is 8. The van der Waals surface area contributed by atoms with Crippen molar-refractivity contribution in [2.75, 3.05) is 38.0 Å². The topological polar surface area (TPSA) is 125 Å². The molecule has 1 aliphatic carbocycles. The molecule has 40 heavy (non-hydrogen) atoms. The first-order valence-electron chi connectivity index (χ1n) is 14.3. The molecule has 0 bridgehead atoms. The first-order valence-corrected chi connectivity index (χ1v) is 15.8. The van der Waals surface area contributed by atoms with Crippen molar-refractivity contribution in [2.24, 2.45) is 11.8 Å². The van der Waals surface area contributed by atoms with Crippen molar-refractivity contribution in [3.8, 4) is 5.75 Å². The maximum Gasteiger partial charge on any atom is 0.267 e. The number of nitrogens with one attached hydrogen (secondary N) is 1. The summed E-state index contributed by atoms with van der Waals surface area (Å²) in [7, 11) is -1.83. The van der Waals surface area contributed by atoms with Crippen LogP contribution in [0.5, 0.6) is 5.75 Å². The van der Waals surface area contributed by atoms with Gasteiger partial charge >= 0.3 is 0 Å². The molecule has 11 heteroatoms. The smallest absolute Gasteiger partial charge is 0.267 e. The molecule has 222 valence electrons. The number of carbonyl (C=O) groups excluding carboxylic acids is 1. The fraction of sp³-hybridized carbons (Fsp3) is 0.655. The predicted molar refractivity (Wildman–Crippen MR) is 153 cm³/mol. The third-order valence-corrected chi connectivity index (χ3v) is 9.82. The van der Waals surface area contributed by atoms with Gasteiger partial charge in [0.1, 0.15) is 17.5 Å². The summed E-state index contributed by atoms with van der Waals surface area (Å²) >= 11 is 0. The van der Waals surface area contributed by atoms with Crippen LogP contribution in [0.1, 0.15) is 63.0 Å². The lowest BCUT2D eigenvalue weighted by Crippen LogP contribution is -2.48. The van der Waals surface area contributed by atoms with Gasteiger partial charge in [0, 0.05) is 36.8 Å². The third-order valence-electron chi connectivity index (χ3n) is 8.19. The van der Waals surface area contributed by atoms with Crippen LogP contribution >= 0.6 is 0 Å². The summed E-state index contributed by atoms with van der Waals surface area (Å²) in [5.41, 5.74) is 1.18. The zero-order valence-corrected chi connectivity index (χ0v) is 25.2. The number of fused-ring (bicyclic) bond motifs is 1. The highest BCUT2D eigenvalue weighted by Crippen LogP contribution is 2.31. The lowest BCUT2D eigenvalue weighted by molar-refractivity contribution is -0.134. The molecular weight excluding hydrogens is 532 g/mol. The number of nitrogens with zero attached hydrogens (tertiary/aromatic N) is 3. The molecule has 0 radical (unpaired) electrons. The van der Waals surface area contributed by atoms with Crippen LogP contribution in [-0.4, -0.2) is 79.8 Å². The van der Waals surface area contributed by atoms with E-state index in [0.717, 1.165) is 6.54 Å². The molecule has 1 aliphatic heterocycles. The quantitative estimate of drug-likeness (QED) is 0.462. The maximum atomic E-state index is 13.5. The Morgan fingerprint density at radius 1 is 1.20 bits per heavy atom. The minimum Gasteiger partial charge on any atom is -0.488 e. The predicted octanol–water partition coefficient (Wildman–Crippen LogP) is 3.75. The molecule has 2 N–H and O–H groups in total. The summed E-state index contributed by atoms with van der Waals surface area (Å²) < 4.78 is 40.5. The van der Waals surface area contributed by atoms with Crippen molar-refractivity contribution in [3.05, 3.63) is 35.2 Å². The zero-order chi connectivity index (χ0) is 29.0. The number of aliphatic hydroxyl groups is 1. The number of aliphatic hydroxyl groups excluding tert-OH is 1. The normalized spacial score (nSPS) is 21.8. The Labute approximate surface area is 238 Å². The summed E-state index contributed by atoms with van der Waals surface area (Å²) in [5, 5.41) is 13.7. The van der Waals surface area contributed by atoms with E-state index in [2.05, 4.69) is 28.8 Å². The van der Waals surface area contributed by atoms with Gasteiger partial charge in [-0.1, -0.05) is 31.3 Å². The number of amides is 1. The second kappa shape index (κ2) is 12.9. The van der Waals surface area contributed by atoms with E-state index in [1.54, 1.807) is 36.9 Å². The lowest BCUT2D eigenvalue weighted by atomic mass is 9.89. The Hall–Kier alpha value is -2.63. The van der Waals surface area contributed by atoms with Crippen molar-refractivity contribution < 1.29 is 27.6 Å². The van der Waals surface area contributed by atoms with Gasteiger partial charge < -0.3 is 24.2 Å². The van der Waals surface area contributed by atoms with Crippen LogP contribution in [0.15, 0.2) is 27.6 Å². The van der Waals surface area contributed by atoms with Crippen LogP contribution < -0.4 is 9.46 Å². The van der Waals surface area contributed by atoms with Gasteiger partial charge in [-0.25, -0.2) is 8.42 Å². The van der Waals surface area contributed by atoms with Crippen molar-refractivity contribution >= 4 is 21.6 Å². The highest BCUT2D eigenvalue weighted by molar-refractivity contribution is 7.92. The fourth-order valence-corrected chi connectivity index (χ4v) is 7.35. The zero-order valence-electron chi connectivity index (χ0n) is 24.4. The van der Waals surface area contributed by atoms with Crippen molar-refractivity contribution in [1.82, 2.24) is 15.0 Å². The number of carbonyl (C=O) groups is 1. The number of sulfonamides is 1. The van der Waals surface area contributed by atoms with E-state index in [1.807, 2.05) is 6.92 Å². The summed E-state index contributed by atoms with van der Waals surface area (Å²) in [6, 6.07) is 4.69. The van der Waals surface area contributed by atoms with Gasteiger partial charge in [-0.15, -0.1) is 0 Å². The van der Waals surface area contributed by atoms with Crippen molar-refractivity contribution in [1.29, 1.82) is 0 Å². The fourth-order valence-electron chi connectivity index (χ4n) is 5.97. The molecule has 2 aliphatic rings. The number of hydrogen-bond donors (Lipinski definition) is 2. The number of benzene rings is 1. The molecule has 0 saturated heterocycles. The average molecular weight is 577 g/mol. The largest absolute Gasteiger partial charge is 0.488 e. The number of anilines is 1. The highest BCUT2D eigenvalue weighted by atomic mass is 32.2. The van der Waals surface area contributed by atoms with E-state index in [0.29, 0.717) is 36.0 Å². The second-order valence-electron chi connectivity index (χ2n) is 11.7. The second-order valence-corrected chi connectivity index (χ2v) is 13.3. The molecule has 3 atom stereocenters. The molecule has 1 aromatic carbocycles. The van der Waals surface area contributed by atoms with E-state index >= 15 is 0 Å². The van der Waals surface area contributed by atoms with Crippen LogP contribution in [0.3, 0.4) is 0 Å². The van der Waals surface area contributed by atoms with Gasteiger partial charge in [0.25, 0.3) is 10.0 Å². The van der Waals surface area contributed by atoms with E-state index < -0.39 is 10.0 Å². The van der Waals surface area contributed by atoms with E-state index in [1.165, 1.54) is 32.1 Å². The van der Waals surface area contributed by atoms with Crippen LogP contribution in [0.2, 0.25) is 0 Å². The standard InChI is InChI=1S/C29H44N4O6S/c1-19-15-33(20(2)18-34)28(35)14-24-13-25(31-40(36,37)29-21(3)30-39-22(29)4)11-12-26(24)38-27(19)17-32(5)16-23-9-7-6-8-10-23/h11-13,19-20,23,27,31,34H,6-10,14-18H2,1-5H3/t19-,20+,27+/m1/s1. The molecule has 2 heterocycles. The monoisotopic (exact) mass is 576 g/mol. The Morgan fingerprint density at radius 2 is 1.93 bits per heavy atom. The van der Waals surface area contributed by atoms with Crippen LogP contribution in [0.25, 0.3) is 0 Å². The molecule has 1 aromatic heterocycles. The Balaban J connectivity index is 1.61. The first-order chi connectivity index (χ1) is 19.0. The van der Waals surface area contributed by atoms with Gasteiger partial charge in [-0.3, -0.25) is 9.52 Å². The summed E-state index contributed by atoms with van der Waals surface area (Å²) in [6.07, 6.45) is 6.26. The molecule has 1 fully saturated rings. The Morgan fingerprint density at radius 3 is 2.58 bits per heavy atom. The molecule has 0 unspecified atom stereocenters. The van der Waals surface area contributed by atoms with Gasteiger partial charge in [-0.2, -0.15) is 0 Å². The number of aryl methyl sites for hydroxylation is 2. The number of likely N-dealkylation sites (N-methyl/N-ethyl adjacent to an activating group) is 1.